The van der Waals surface area contributed by atoms with Crippen molar-refractivity contribution in [3.05, 3.63) is 0 Å². The van der Waals surface area contributed by atoms with Crippen LogP contribution in [-0.4, -0.2) is 58.6 Å². The summed E-state index contributed by atoms with van der Waals surface area (Å²) in [6.07, 6.45) is 3.32. The second kappa shape index (κ2) is 15.0. The lowest BCUT2D eigenvalue weighted by molar-refractivity contribution is 0.0144. The first-order valence-electron chi connectivity index (χ1n) is 8.12. The van der Waals surface area contributed by atoms with Gasteiger partial charge < -0.3 is 19.5 Å². The highest BCUT2D eigenvalue weighted by Crippen LogP contribution is 2.19. The Labute approximate surface area is 135 Å². The molecule has 0 atom stereocenters. The summed E-state index contributed by atoms with van der Waals surface area (Å²) in [5.74, 6) is 0.713. The Morgan fingerprint density at radius 3 is 2.05 bits per heavy atom. The number of alkyl halides is 1. The highest BCUT2D eigenvalue weighted by atomic mass is 35.5. The molecular formula is C16H34ClNO3. The highest BCUT2D eigenvalue weighted by Gasteiger charge is 2.15. The van der Waals surface area contributed by atoms with Gasteiger partial charge in [0.25, 0.3) is 0 Å². The lowest BCUT2D eigenvalue weighted by Gasteiger charge is -2.23. The Morgan fingerprint density at radius 1 is 0.905 bits per heavy atom. The van der Waals surface area contributed by atoms with E-state index in [-0.39, 0.29) is 5.41 Å². The molecule has 0 saturated heterocycles. The van der Waals surface area contributed by atoms with Crippen molar-refractivity contribution in [1.82, 2.24) is 5.32 Å². The zero-order valence-corrected chi connectivity index (χ0v) is 14.8. The van der Waals surface area contributed by atoms with Crippen molar-refractivity contribution in [3.8, 4) is 0 Å². The van der Waals surface area contributed by atoms with Gasteiger partial charge in [-0.05, 0) is 18.3 Å². The average Bonchev–Trinajstić information content (AvgIpc) is 2.44. The van der Waals surface area contributed by atoms with Crippen LogP contribution in [0.25, 0.3) is 0 Å². The van der Waals surface area contributed by atoms with E-state index in [2.05, 4.69) is 26.1 Å². The summed E-state index contributed by atoms with van der Waals surface area (Å²) in [6, 6.07) is 0. The maximum Gasteiger partial charge on any atom is 0.0701 e. The minimum atomic E-state index is 0.253. The van der Waals surface area contributed by atoms with Crippen LogP contribution < -0.4 is 5.32 Å². The fourth-order valence-electron chi connectivity index (χ4n) is 1.70. The molecule has 1 N–H and O–H groups in total. The lowest BCUT2D eigenvalue weighted by Crippen LogP contribution is -2.32. The summed E-state index contributed by atoms with van der Waals surface area (Å²) in [7, 11) is 0. The number of rotatable bonds is 16. The van der Waals surface area contributed by atoms with E-state index in [0.29, 0.717) is 38.9 Å². The van der Waals surface area contributed by atoms with Gasteiger partial charge in [-0.2, -0.15) is 0 Å². The Morgan fingerprint density at radius 2 is 1.48 bits per heavy atom. The van der Waals surface area contributed by atoms with E-state index in [1.165, 1.54) is 6.42 Å². The van der Waals surface area contributed by atoms with Crippen LogP contribution in [0.2, 0.25) is 0 Å². The molecule has 0 unspecified atom stereocenters. The Kier molecular flexibility index (Phi) is 15.1. The van der Waals surface area contributed by atoms with Gasteiger partial charge >= 0.3 is 0 Å². The second-order valence-corrected chi connectivity index (χ2v) is 6.35. The molecule has 128 valence electrons. The van der Waals surface area contributed by atoms with Gasteiger partial charge in [0.05, 0.1) is 33.0 Å². The lowest BCUT2D eigenvalue weighted by atomic mass is 9.90. The maximum absolute atomic E-state index is 5.77. The molecule has 0 heterocycles. The number of nitrogens with one attached hydrogen (secondary N) is 1. The molecule has 0 aromatic rings. The monoisotopic (exact) mass is 323 g/mol. The van der Waals surface area contributed by atoms with Crippen LogP contribution in [0, 0.1) is 5.41 Å². The van der Waals surface area contributed by atoms with Crippen molar-refractivity contribution in [2.75, 3.05) is 58.6 Å². The van der Waals surface area contributed by atoms with Gasteiger partial charge in [0.2, 0.25) is 0 Å². The van der Waals surface area contributed by atoms with Crippen LogP contribution in [-0.2, 0) is 14.2 Å². The van der Waals surface area contributed by atoms with Gasteiger partial charge in [0, 0.05) is 25.6 Å². The summed E-state index contributed by atoms with van der Waals surface area (Å²) in [6.45, 7) is 12.6. The maximum atomic E-state index is 5.77. The predicted octanol–water partition coefficient (Wildman–Crippen LogP) is 3.08. The number of hydrogen-bond acceptors (Lipinski definition) is 4. The van der Waals surface area contributed by atoms with Crippen LogP contribution >= 0.6 is 11.6 Å². The molecule has 0 aliphatic carbocycles. The third kappa shape index (κ3) is 16.3. The van der Waals surface area contributed by atoms with Crippen molar-refractivity contribution >= 4 is 11.6 Å². The van der Waals surface area contributed by atoms with Crippen molar-refractivity contribution in [2.45, 2.75) is 40.0 Å². The van der Waals surface area contributed by atoms with Gasteiger partial charge in [0.1, 0.15) is 0 Å². The zero-order valence-electron chi connectivity index (χ0n) is 14.1. The number of unbranched alkanes of at least 4 members (excludes halogenated alkanes) is 1. The van der Waals surface area contributed by atoms with E-state index >= 15 is 0 Å². The van der Waals surface area contributed by atoms with Gasteiger partial charge in [-0.3, -0.25) is 0 Å². The van der Waals surface area contributed by atoms with Crippen LogP contribution in [0.15, 0.2) is 0 Å². The topological polar surface area (TPSA) is 39.7 Å². The average molecular weight is 324 g/mol. The first-order valence-corrected chi connectivity index (χ1v) is 8.66. The molecule has 0 aromatic heterocycles. The Bertz CT molecular complexity index is 216. The fourth-order valence-corrected chi connectivity index (χ4v) is 2.22. The number of hydrogen-bond donors (Lipinski definition) is 1. The largest absolute Gasteiger partial charge is 0.379 e. The Hall–Kier alpha value is 0.130. The summed E-state index contributed by atoms with van der Waals surface area (Å²) in [4.78, 5) is 0. The Balaban J connectivity index is 3.12. The summed E-state index contributed by atoms with van der Waals surface area (Å²) >= 11 is 5.77. The molecule has 4 nitrogen and oxygen atoms in total. The summed E-state index contributed by atoms with van der Waals surface area (Å²) in [5.41, 5.74) is 0.253. The smallest absolute Gasteiger partial charge is 0.0701 e. The molecule has 0 amide bonds. The van der Waals surface area contributed by atoms with Crippen LogP contribution in [0.3, 0.4) is 0 Å². The molecule has 5 heteroatoms. The molecular weight excluding hydrogens is 290 g/mol. The molecule has 0 radical (unpaired) electrons. The van der Waals surface area contributed by atoms with Crippen LogP contribution in [0.1, 0.15) is 40.0 Å². The van der Waals surface area contributed by atoms with E-state index in [1.807, 2.05) is 0 Å². The van der Waals surface area contributed by atoms with Gasteiger partial charge in [-0.25, -0.2) is 0 Å². The van der Waals surface area contributed by atoms with E-state index in [1.54, 1.807) is 0 Å². The minimum Gasteiger partial charge on any atom is -0.379 e. The van der Waals surface area contributed by atoms with E-state index in [9.17, 15) is 0 Å². The van der Waals surface area contributed by atoms with Gasteiger partial charge in [-0.15, -0.1) is 11.6 Å². The molecule has 0 rings (SSSR count). The summed E-state index contributed by atoms with van der Waals surface area (Å²) < 4.78 is 16.3. The van der Waals surface area contributed by atoms with E-state index in [4.69, 9.17) is 25.8 Å². The molecule has 0 fully saturated rings. The zero-order chi connectivity index (χ0) is 15.8. The van der Waals surface area contributed by atoms with Crippen molar-refractivity contribution in [1.29, 1.82) is 0 Å². The molecule has 0 spiro atoms. The van der Waals surface area contributed by atoms with Gasteiger partial charge in [-0.1, -0.05) is 27.2 Å². The molecule has 0 aliphatic heterocycles. The van der Waals surface area contributed by atoms with E-state index in [0.717, 1.165) is 32.5 Å². The number of ether oxygens (including phenoxy) is 3. The fraction of sp³-hybridized carbons (Fsp3) is 1.00. The third-order valence-electron chi connectivity index (χ3n) is 3.18. The van der Waals surface area contributed by atoms with Crippen molar-refractivity contribution < 1.29 is 14.2 Å². The molecule has 0 saturated carbocycles. The third-order valence-corrected chi connectivity index (χ3v) is 3.37. The molecule has 21 heavy (non-hydrogen) atoms. The first kappa shape index (κ1) is 21.1. The molecule has 0 aromatic carbocycles. The standard InChI is InChI=1S/C16H34ClNO3/c1-4-5-9-19-11-13-21-14-12-20-10-8-18-15-16(2,3)6-7-17/h18H,4-15H2,1-3H3. The predicted molar refractivity (Wildman–Crippen MR) is 89.4 cm³/mol. The highest BCUT2D eigenvalue weighted by molar-refractivity contribution is 6.17. The second-order valence-electron chi connectivity index (χ2n) is 5.97. The number of halogens is 1. The first-order chi connectivity index (χ1) is 10.1. The van der Waals surface area contributed by atoms with Crippen molar-refractivity contribution in [3.63, 3.8) is 0 Å². The van der Waals surface area contributed by atoms with Crippen LogP contribution in [0.4, 0.5) is 0 Å². The van der Waals surface area contributed by atoms with Crippen LogP contribution in [0.5, 0.6) is 0 Å². The summed E-state index contributed by atoms with van der Waals surface area (Å²) in [5, 5.41) is 3.40. The van der Waals surface area contributed by atoms with Gasteiger partial charge in [0.15, 0.2) is 0 Å². The van der Waals surface area contributed by atoms with Crippen molar-refractivity contribution in [2.24, 2.45) is 5.41 Å². The quantitative estimate of drug-likeness (QED) is 0.350. The normalized spacial score (nSPS) is 12.0. The van der Waals surface area contributed by atoms with E-state index < -0.39 is 0 Å². The minimum absolute atomic E-state index is 0.253. The SMILES string of the molecule is CCCCOCCOCCOCCNCC(C)(C)CCCl. The molecule has 0 bridgehead atoms. The molecule has 0 aliphatic rings.